The van der Waals surface area contributed by atoms with E-state index in [1.54, 1.807) is 13.2 Å². The van der Waals surface area contributed by atoms with Crippen LogP contribution in [-0.4, -0.2) is 30.6 Å². The van der Waals surface area contributed by atoms with E-state index in [0.29, 0.717) is 28.7 Å². The van der Waals surface area contributed by atoms with Crippen LogP contribution < -0.4 is 10.1 Å². The second-order valence-electron chi connectivity index (χ2n) is 7.14. The number of esters is 1. The molecule has 0 saturated heterocycles. The summed E-state index contributed by atoms with van der Waals surface area (Å²) in [7, 11) is 1.60. The molecule has 1 N–H and O–H groups in total. The van der Waals surface area contributed by atoms with Gasteiger partial charge >= 0.3 is 5.97 Å². The summed E-state index contributed by atoms with van der Waals surface area (Å²) in [6.45, 7) is -0.0387. The lowest BCUT2D eigenvalue weighted by Crippen LogP contribution is -2.28. The average Bonchev–Trinajstić information content (AvgIpc) is 2.86. The van der Waals surface area contributed by atoms with Crippen LogP contribution in [0.4, 0.5) is 0 Å². The molecule has 1 heterocycles. The number of carbonyl (C=O) groups excluding carboxylic acids is 2. The zero-order valence-corrected chi connectivity index (χ0v) is 17.6. The number of carbonyl (C=O) groups is 2. The van der Waals surface area contributed by atoms with Crippen molar-refractivity contribution < 1.29 is 19.1 Å². The molecule has 4 aromatic rings. The van der Waals surface area contributed by atoms with Crippen molar-refractivity contribution in [2.24, 2.45) is 0 Å². The van der Waals surface area contributed by atoms with Crippen LogP contribution in [0, 0.1) is 0 Å². The number of amides is 1. The van der Waals surface area contributed by atoms with Gasteiger partial charge < -0.3 is 14.8 Å². The molecule has 4 rings (SSSR count). The molecule has 160 valence electrons. The first-order valence-corrected chi connectivity index (χ1v) is 10.2. The number of benzene rings is 3. The molecule has 0 radical (unpaired) electrons. The summed E-state index contributed by atoms with van der Waals surface area (Å²) in [5.74, 6) is -0.204. The highest BCUT2D eigenvalue weighted by atomic mass is 16.5. The normalized spacial score (nSPS) is 10.5. The third-order valence-corrected chi connectivity index (χ3v) is 4.99. The van der Waals surface area contributed by atoms with Crippen molar-refractivity contribution in [3.05, 3.63) is 96.1 Å². The van der Waals surface area contributed by atoms with Gasteiger partial charge in [-0.2, -0.15) is 0 Å². The number of pyridine rings is 1. The van der Waals surface area contributed by atoms with Crippen molar-refractivity contribution in [1.29, 1.82) is 0 Å². The van der Waals surface area contributed by atoms with Gasteiger partial charge in [-0.1, -0.05) is 60.7 Å². The molecular formula is C26H22N2O4. The molecular weight excluding hydrogens is 404 g/mol. The number of methoxy groups -OCH3 is 1. The van der Waals surface area contributed by atoms with E-state index in [-0.39, 0.29) is 12.5 Å². The number of aromatic nitrogens is 1. The van der Waals surface area contributed by atoms with Crippen molar-refractivity contribution in [1.82, 2.24) is 10.3 Å². The van der Waals surface area contributed by atoms with E-state index in [9.17, 15) is 9.59 Å². The second kappa shape index (κ2) is 9.75. The van der Waals surface area contributed by atoms with E-state index >= 15 is 0 Å². The minimum atomic E-state index is -0.569. The Bertz CT molecular complexity index is 1240. The van der Waals surface area contributed by atoms with Crippen molar-refractivity contribution in [3.63, 3.8) is 0 Å². The Morgan fingerprint density at radius 1 is 0.906 bits per heavy atom. The zero-order chi connectivity index (χ0) is 22.3. The van der Waals surface area contributed by atoms with Crippen molar-refractivity contribution in [2.75, 3.05) is 13.7 Å². The van der Waals surface area contributed by atoms with Gasteiger partial charge in [0.15, 0.2) is 6.61 Å². The van der Waals surface area contributed by atoms with Crippen molar-refractivity contribution >= 4 is 22.8 Å². The third kappa shape index (κ3) is 4.92. The minimum Gasteiger partial charge on any atom is -0.497 e. The summed E-state index contributed by atoms with van der Waals surface area (Å²) < 4.78 is 10.4. The van der Waals surface area contributed by atoms with Crippen LogP contribution in [-0.2, 0) is 16.1 Å². The average molecular weight is 426 g/mol. The predicted octanol–water partition coefficient (Wildman–Crippen LogP) is 4.38. The van der Waals surface area contributed by atoms with Gasteiger partial charge in [-0.3, -0.25) is 4.79 Å². The fourth-order valence-corrected chi connectivity index (χ4v) is 3.30. The number of para-hydroxylation sites is 1. The predicted molar refractivity (Wildman–Crippen MR) is 122 cm³/mol. The van der Waals surface area contributed by atoms with Gasteiger partial charge in [-0.05, 0) is 29.8 Å². The number of nitrogens with one attached hydrogen (secondary N) is 1. The summed E-state index contributed by atoms with van der Waals surface area (Å²) in [5, 5.41) is 3.43. The fourth-order valence-electron chi connectivity index (χ4n) is 3.30. The van der Waals surface area contributed by atoms with E-state index in [4.69, 9.17) is 9.47 Å². The maximum atomic E-state index is 12.8. The van der Waals surface area contributed by atoms with Gasteiger partial charge in [0.2, 0.25) is 0 Å². The number of ether oxygens (including phenoxy) is 2. The lowest BCUT2D eigenvalue weighted by atomic mass is 10.0. The number of nitrogens with zero attached hydrogens (tertiary/aromatic N) is 1. The fraction of sp³-hybridized carbons (Fsp3) is 0.115. The Morgan fingerprint density at radius 3 is 2.38 bits per heavy atom. The van der Waals surface area contributed by atoms with E-state index in [0.717, 1.165) is 16.9 Å². The third-order valence-electron chi connectivity index (χ3n) is 4.99. The highest BCUT2D eigenvalue weighted by Gasteiger charge is 2.16. The quantitative estimate of drug-likeness (QED) is 0.444. The van der Waals surface area contributed by atoms with Crippen LogP contribution in [0.1, 0.15) is 15.9 Å². The first kappa shape index (κ1) is 21.1. The summed E-state index contributed by atoms with van der Waals surface area (Å²) in [4.78, 5) is 29.7. The molecule has 0 unspecified atom stereocenters. The first-order chi connectivity index (χ1) is 15.6. The monoisotopic (exact) mass is 426 g/mol. The molecule has 1 amide bonds. The van der Waals surface area contributed by atoms with E-state index in [1.807, 2.05) is 78.9 Å². The highest BCUT2D eigenvalue weighted by molar-refractivity contribution is 6.05. The Kier molecular flexibility index (Phi) is 6.41. The van der Waals surface area contributed by atoms with Crippen LogP contribution in [0.2, 0.25) is 0 Å². The van der Waals surface area contributed by atoms with Gasteiger partial charge in [0.1, 0.15) is 5.75 Å². The largest absolute Gasteiger partial charge is 0.497 e. The molecule has 3 aromatic carbocycles. The Hall–Kier alpha value is -4.19. The molecule has 0 aliphatic carbocycles. The van der Waals surface area contributed by atoms with E-state index in [2.05, 4.69) is 10.3 Å². The first-order valence-electron chi connectivity index (χ1n) is 10.2. The SMILES string of the molecule is COc1ccc(CNC(=O)COC(=O)c2cc(-c3ccccc3)nc3ccccc23)cc1. The molecule has 0 spiro atoms. The Balaban J connectivity index is 1.45. The lowest BCUT2D eigenvalue weighted by molar-refractivity contribution is -0.124. The van der Waals surface area contributed by atoms with Gasteiger partial charge in [0, 0.05) is 17.5 Å². The summed E-state index contributed by atoms with van der Waals surface area (Å²) in [6, 6.07) is 26.0. The van der Waals surface area contributed by atoms with Crippen LogP contribution in [0.5, 0.6) is 5.75 Å². The lowest BCUT2D eigenvalue weighted by Gasteiger charge is -2.11. The molecule has 1 aromatic heterocycles. The van der Waals surface area contributed by atoms with Gasteiger partial charge in [0.05, 0.1) is 23.9 Å². The molecule has 0 bridgehead atoms. The molecule has 0 aliphatic rings. The van der Waals surface area contributed by atoms with Crippen molar-refractivity contribution in [3.8, 4) is 17.0 Å². The smallest absolute Gasteiger partial charge is 0.339 e. The Morgan fingerprint density at radius 2 is 1.62 bits per heavy atom. The van der Waals surface area contributed by atoms with Gasteiger partial charge in [0.25, 0.3) is 5.91 Å². The Labute approximate surface area is 185 Å². The summed E-state index contributed by atoms with van der Waals surface area (Å²) in [6.07, 6.45) is 0. The van der Waals surface area contributed by atoms with Crippen LogP contribution >= 0.6 is 0 Å². The molecule has 32 heavy (non-hydrogen) atoms. The zero-order valence-electron chi connectivity index (χ0n) is 17.6. The summed E-state index contributed by atoms with van der Waals surface area (Å²) in [5.41, 5.74) is 3.53. The maximum Gasteiger partial charge on any atom is 0.339 e. The minimum absolute atomic E-state index is 0.330. The molecule has 0 atom stereocenters. The maximum absolute atomic E-state index is 12.8. The van der Waals surface area contributed by atoms with E-state index in [1.165, 1.54) is 0 Å². The van der Waals surface area contributed by atoms with Crippen LogP contribution in [0.25, 0.3) is 22.2 Å². The molecule has 0 saturated carbocycles. The molecule has 6 heteroatoms. The topological polar surface area (TPSA) is 77.5 Å². The number of hydrogen-bond acceptors (Lipinski definition) is 5. The molecule has 0 aliphatic heterocycles. The van der Waals surface area contributed by atoms with Crippen molar-refractivity contribution in [2.45, 2.75) is 6.54 Å². The summed E-state index contributed by atoms with van der Waals surface area (Å²) >= 11 is 0. The van der Waals surface area contributed by atoms with Crippen LogP contribution in [0.15, 0.2) is 84.9 Å². The second-order valence-corrected chi connectivity index (χ2v) is 7.14. The van der Waals surface area contributed by atoms with Gasteiger partial charge in [-0.15, -0.1) is 0 Å². The highest BCUT2D eigenvalue weighted by Crippen LogP contribution is 2.25. The standard InChI is InChI=1S/C26H22N2O4/c1-31-20-13-11-18(12-14-20)16-27-25(29)17-32-26(30)22-15-24(19-7-3-2-4-8-19)28-23-10-6-5-9-21(22)23/h2-15H,16-17H2,1H3,(H,27,29). The van der Waals surface area contributed by atoms with Gasteiger partial charge in [-0.25, -0.2) is 9.78 Å². The number of rotatable bonds is 7. The number of fused-ring (bicyclic) bond motifs is 1. The van der Waals surface area contributed by atoms with E-state index < -0.39 is 5.97 Å². The molecule has 0 fully saturated rings. The number of hydrogen-bond donors (Lipinski definition) is 1. The van der Waals surface area contributed by atoms with Crippen LogP contribution in [0.3, 0.4) is 0 Å². The molecule has 6 nitrogen and oxygen atoms in total.